The lowest BCUT2D eigenvalue weighted by atomic mass is 10.3. The van der Waals surface area contributed by atoms with Crippen molar-refractivity contribution < 1.29 is 9.13 Å². The van der Waals surface area contributed by atoms with E-state index in [4.69, 9.17) is 10.5 Å². The lowest BCUT2D eigenvalue weighted by Gasteiger charge is -2.26. The second-order valence-corrected chi connectivity index (χ2v) is 5.47. The van der Waals surface area contributed by atoms with Crippen LogP contribution in [-0.4, -0.2) is 54.3 Å². The number of hydrogen-bond acceptors (Lipinski definition) is 7. The normalized spacial score (nSPS) is 15.2. The quantitative estimate of drug-likeness (QED) is 0.742. The summed E-state index contributed by atoms with van der Waals surface area (Å²) in [7, 11) is 0. The molecule has 0 atom stereocenters. The van der Waals surface area contributed by atoms with E-state index in [1.807, 2.05) is 0 Å². The van der Waals surface area contributed by atoms with Crippen LogP contribution in [0, 0.1) is 5.82 Å². The van der Waals surface area contributed by atoms with Gasteiger partial charge in [0.25, 0.3) is 0 Å². The van der Waals surface area contributed by atoms with E-state index < -0.39 is 0 Å². The predicted molar refractivity (Wildman–Crippen MR) is 91.9 cm³/mol. The summed E-state index contributed by atoms with van der Waals surface area (Å²) in [4.78, 5) is 10.6. The number of halogens is 1. The van der Waals surface area contributed by atoms with Gasteiger partial charge in [-0.05, 0) is 12.1 Å². The van der Waals surface area contributed by atoms with Crippen LogP contribution in [0.2, 0.25) is 0 Å². The van der Waals surface area contributed by atoms with E-state index in [2.05, 4.69) is 25.5 Å². The van der Waals surface area contributed by atoms with E-state index in [0.717, 1.165) is 32.8 Å². The van der Waals surface area contributed by atoms with E-state index in [-0.39, 0.29) is 5.82 Å². The van der Waals surface area contributed by atoms with Crippen LogP contribution >= 0.6 is 0 Å². The highest BCUT2D eigenvalue weighted by molar-refractivity contribution is 5.77. The molecule has 8 heteroatoms. The van der Waals surface area contributed by atoms with Gasteiger partial charge in [-0.1, -0.05) is 12.1 Å². The fourth-order valence-corrected chi connectivity index (χ4v) is 2.48. The predicted octanol–water partition coefficient (Wildman–Crippen LogP) is 1.69. The van der Waals surface area contributed by atoms with Gasteiger partial charge >= 0.3 is 0 Å². The van der Waals surface area contributed by atoms with Crippen molar-refractivity contribution >= 4 is 23.0 Å². The molecule has 3 rings (SSSR count). The average Bonchev–Trinajstić information content (AvgIpc) is 2.61. The fourth-order valence-electron chi connectivity index (χ4n) is 2.48. The number of anilines is 4. The summed E-state index contributed by atoms with van der Waals surface area (Å²) in [5, 5.41) is 6.11. The SMILES string of the molecule is Nc1c(NCCN2CCOCC2)ncnc1Nc1ccccc1F. The topological polar surface area (TPSA) is 88.3 Å². The molecule has 128 valence electrons. The summed E-state index contributed by atoms with van der Waals surface area (Å²) in [5.74, 6) is 0.554. The van der Waals surface area contributed by atoms with Crippen LogP contribution in [0.25, 0.3) is 0 Å². The zero-order valence-electron chi connectivity index (χ0n) is 13.3. The third-order valence-electron chi connectivity index (χ3n) is 3.84. The van der Waals surface area contributed by atoms with Gasteiger partial charge in [-0.3, -0.25) is 4.90 Å². The molecular formula is C16H21FN6O. The number of nitrogens with two attached hydrogens (primary N) is 1. The Kier molecular flexibility index (Phi) is 5.39. The molecule has 0 bridgehead atoms. The number of benzene rings is 1. The van der Waals surface area contributed by atoms with Crippen LogP contribution in [0.15, 0.2) is 30.6 Å². The highest BCUT2D eigenvalue weighted by Gasteiger charge is 2.12. The van der Waals surface area contributed by atoms with Gasteiger partial charge in [0, 0.05) is 26.2 Å². The van der Waals surface area contributed by atoms with Crippen LogP contribution in [0.3, 0.4) is 0 Å². The molecule has 1 aliphatic rings. The number of nitrogens with zero attached hydrogens (tertiary/aromatic N) is 3. The molecule has 1 aromatic carbocycles. The van der Waals surface area contributed by atoms with E-state index in [1.165, 1.54) is 12.4 Å². The first-order chi connectivity index (χ1) is 11.7. The Hall–Kier alpha value is -2.45. The van der Waals surface area contributed by atoms with Gasteiger partial charge in [0.05, 0.1) is 18.9 Å². The minimum Gasteiger partial charge on any atom is -0.393 e. The molecule has 1 aromatic heterocycles. The van der Waals surface area contributed by atoms with Gasteiger partial charge in [-0.25, -0.2) is 14.4 Å². The number of ether oxygens (including phenoxy) is 1. The maximum Gasteiger partial charge on any atom is 0.159 e. The van der Waals surface area contributed by atoms with E-state index in [9.17, 15) is 4.39 Å². The highest BCUT2D eigenvalue weighted by Crippen LogP contribution is 2.26. The Bertz CT molecular complexity index is 677. The number of aromatic nitrogens is 2. The van der Waals surface area contributed by atoms with Crippen molar-refractivity contribution in [1.82, 2.24) is 14.9 Å². The Morgan fingerprint density at radius 2 is 1.92 bits per heavy atom. The van der Waals surface area contributed by atoms with Crippen molar-refractivity contribution in [1.29, 1.82) is 0 Å². The molecule has 1 fully saturated rings. The maximum atomic E-state index is 13.7. The molecule has 7 nitrogen and oxygen atoms in total. The Morgan fingerprint density at radius 3 is 2.71 bits per heavy atom. The van der Waals surface area contributed by atoms with Gasteiger partial charge in [0.2, 0.25) is 0 Å². The second-order valence-electron chi connectivity index (χ2n) is 5.47. The highest BCUT2D eigenvalue weighted by atomic mass is 19.1. The fraction of sp³-hybridized carbons (Fsp3) is 0.375. The molecule has 4 N–H and O–H groups in total. The molecule has 2 heterocycles. The third kappa shape index (κ3) is 4.09. The van der Waals surface area contributed by atoms with Crippen molar-refractivity contribution in [2.75, 3.05) is 55.8 Å². The van der Waals surface area contributed by atoms with Gasteiger partial charge in [0.1, 0.15) is 17.8 Å². The summed E-state index contributed by atoms with van der Waals surface area (Å²) >= 11 is 0. The van der Waals surface area contributed by atoms with Crippen molar-refractivity contribution in [3.63, 3.8) is 0 Å². The lowest BCUT2D eigenvalue weighted by Crippen LogP contribution is -2.39. The summed E-state index contributed by atoms with van der Waals surface area (Å²) in [6.45, 7) is 4.99. The molecule has 1 saturated heterocycles. The molecule has 2 aromatic rings. The molecule has 1 aliphatic heterocycles. The smallest absolute Gasteiger partial charge is 0.159 e. The summed E-state index contributed by atoms with van der Waals surface area (Å²) < 4.78 is 19.1. The first-order valence-corrected chi connectivity index (χ1v) is 7.90. The molecule has 0 aliphatic carbocycles. The molecule has 0 radical (unpaired) electrons. The van der Waals surface area contributed by atoms with Gasteiger partial charge in [-0.15, -0.1) is 0 Å². The third-order valence-corrected chi connectivity index (χ3v) is 3.84. The van der Waals surface area contributed by atoms with Crippen molar-refractivity contribution in [2.24, 2.45) is 0 Å². The zero-order valence-corrected chi connectivity index (χ0v) is 13.3. The Morgan fingerprint density at radius 1 is 1.17 bits per heavy atom. The van der Waals surface area contributed by atoms with Gasteiger partial charge in [-0.2, -0.15) is 0 Å². The van der Waals surface area contributed by atoms with E-state index in [1.54, 1.807) is 18.2 Å². The van der Waals surface area contributed by atoms with Crippen LogP contribution in [-0.2, 0) is 4.74 Å². The molecule has 0 unspecified atom stereocenters. The molecule has 0 saturated carbocycles. The van der Waals surface area contributed by atoms with Crippen LogP contribution in [0.4, 0.5) is 27.4 Å². The van der Waals surface area contributed by atoms with E-state index >= 15 is 0 Å². The lowest BCUT2D eigenvalue weighted by molar-refractivity contribution is 0.0398. The Balaban J connectivity index is 1.61. The van der Waals surface area contributed by atoms with Crippen molar-refractivity contribution in [3.05, 3.63) is 36.4 Å². The second kappa shape index (κ2) is 7.89. The maximum absolute atomic E-state index is 13.7. The monoisotopic (exact) mass is 332 g/mol. The summed E-state index contributed by atoms with van der Waals surface area (Å²) in [6, 6.07) is 6.37. The number of rotatable bonds is 6. The first-order valence-electron chi connectivity index (χ1n) is 7.90. The van der Waals surface area contributed by atoms with Crippen LogP contribution in [0.1, 0.15) is 0 Å². The number of nitrogen functional groups attached to an aromatic ring is 1. The molecule has 24 heavy (non-hydrogen) atoms. The van der Waals surface area contributed by atoms with Crippen molar-refractivity contribution in [2.45, 2.75) is 0 Å². The largest absolute Gasteiger partial charge is 0.393 e. The van der Waals surface area contributed by atoms with Crippen LogP contribution < -0.4 is 16.4 Å². The van der Waals surface area contributed by atoms with Gasteiger partial charge in [0.15, 0.2) is 11.6 Å². The van der Waals surface area contributed by atoms with Crippen molar-refractivity contribution in [3.8, 4) is 0 Å². The molecule has 0 amide bonds. The first kappa shape index (κ1) is 16.4. The number of hydrogen-bond donors (Lipinski definition) is 3. The minimum atomic E-state index is -0.364. The average molecular weight is 332 g/mol. The Labute approximate surface area is 140 Å². The van der Waals surface area contributed by atoms with Gasteiger partial charge < -0.3 is 21.1 Å². The van der Waals surface area contributed by atoms with Crippen LogP contribution in [0.5, 0.6) is 0 Å². The number of nitrogens with one attached hydrogen (secondary N) is 2. The number of morpholine rings is 1. The number of para-hydroxylation sites is 1. The zero-order chi connectivity index (χ0) is 16.8. The standard InChI is InChI=1S/C16H21FN6O/c17-12-3-1-2-4-13(12)22-16-14(18)15(20-11-21-16)19-5-6-23-7-9-24-10-8-23/h1-4,11H,5-10,18H2,(H2,19,20,21,22). The molecule has 0 spiro atoms. The minimum absolute atomic E-state index is 0.321. The summed E-state index contributed by atoms with van der Waals surface area (Å²) in [5.41, 5.74) is 6.78. The summed E-state index contributed by atoms with van der Waals surface area (Å²) in [6.07, 6.45) is 1.40. The van der Waals surface area contributed by atoms with E-state index in [0.29, 0.717) is 29.6 Å². The molecular weight excluding hydrogens is 311 g/mol.